The molecule has 0 aliphatic carbocycles. The van der Waals surface area contributed by atoms with Crippen LogP contribution < -0.4 is 11.3 Å². The molecule has 0 aromatic carbocycles. The van der Waals surface area contributed by atoms with E-state index in [2.05, 4.69) is 19.7 Å². The molecule has 2 aliphatic heterocycles. The molecular formula is C13H18N5O9PS. The van der Waals surface area contributed by atoms with Crippen LogP contribution in [0.3, 0.4) is 0 Å². The number of carbonyl (C=O) groups excluding carboxylic acids is 1. The Morgan fingerprint density at radius 1 is 1.48 bits per heavy atom. The first-order chi connectivity index (χ1) is 13.7. The number of hydrogen-bond donors (Lipinski definition) is 5. The number of anilines is 1. The van der Waals surface area contributed by atoms with Crippen molar-refractivity contribution in [2.24, 2.45) is 0 Å². The van der Waals surface area contributed by atoms with Gasteiger partial charge in [-0.15, -0.1) is 0 Å². The molecule has 2 aromatic rings. The van der Waals surface area contributed by atoms with E-state index in [1.54, 1.807) is 0 Å². The zero-order chi connectivity index (χ0) is 20.9. The fourth-order valence-electron chi connectivity index (χ4n) is 3.11. The summed E-state index contributed by atoms with van der Waals surface area (Å²) in [6.45, 7) is -0.217. The second-order valence-corrected chi connectivity index (χ2v) is 8.81. The molecule has 4 rings (SSSR count). The van der Waals surface area contributed by atoms with Gasteiger partial charge in [0.1, 0.15) is 0 Å². The fraction of sp³-hybridized carbons (Fsp3) is 0.538. The van der Waals surface area contributed by atoms with E-state index in [1.165, 1.54) is 11.7 Å². The SMILES string of the molecule is COC(=O)CSc1nc2c(=O)[nH]c(N)nc2n1[C@@H]1OC2CO[PH](O)(O)O[C@H]2C1O. The molecule has 16 heteroatoms. The van der Waals surface area contributed by atoms with Gasteiger partial charge in [0.05, 0.1) is 0 Å². The van der Waals surface area contributed by atoms with Crippen LogP contribution >= 0.6 is 19.9 Å². The molecule has 0 amide bonds. The number of H-pyrrole nitrogens is 1. The van der Waals surface area contributed by atoms with Gasteiger partial charge in [0.25, 0.3) is 0 Å². The van der Waals surface area contributed by atoms with Crippen LogP contribution in [0.4, 0.5) is 5.95 Å². The van der Waals surface area contributed by atoms with Gasteiger partial charge >= 0.3 is 166 Å². The van der Waals surface area contributed by atoms with E-state index in [1.807, 2.05) is 0 Å². The predicted octanol–water partition coefficient (Wildman–Crippen LogP) is -1.96. The van der Waals surface area contributed by atoms with Crippen molar-refractivity contribution < 1.29 is 38.2 Å². The summed E-state index contributed by atoms with van der Waals surface area (Å²) in [5.41, 5.74) is 4.95. The van der Waals surface area contributed by atoms with Gasteiger partial charge in [-0.2, -0.15) is 0 Å². The molecule has 2 fully saturated rings. The van der Waals surface area contributed by atoms with Crippen LogP contribution in [0.1, 0.15) is 6.23 Å². The third-order valence-electron chi connectivity index (χ3n) is 4.37. The van der Waals surface area contributed by atoms with Gasteiger partial charge in [-0.1, -0.05) is 0 Å². The Hall–Kier alpha value is -1.84. The summed E-state index contributed by atoms with van der Waals surface area (Å²) in [7, 11) is -3.15. The minimum absolute atomic E-state index is 0.0127. The van der Waals surface area contributed by atoms with E-state index in [4.69, 9.17) is 19.5 Å². The number of nitrogens with one attached hydrogen (secondary N) is 1. The van der Waals surface area contributed by atoms with Gasteiger partial charge in [0, 0.05) is 0 Å². The molecule has 0 bridgehead atoms. The van der Waals surface area contributed by atoms with Crippen molar-refractivity contribution in [3.8, 4) is 0 Å². The van der Waals surface area contributed by atoms with Crippen molar-refractivity contribution in [2.45, 2.75) is 29.7 Å². The Balaban J connectivity index is 1.77. The van der Waals surface area contributed by atoms with Crippen molar-refractivity contribution in [2.75, 3.05) is 25.2 Å². The van der Waals surface area contributed by atoms with Crippen molar-refractivity contribution in [3.05, 3.63) is 10.4 Å². The average molecular weight is 451 g/mol. The summed E-state index contributed by atoms with van der Waals surface area (Å²) in [5, 5.41) is 10.9. The third kappa shape index (κ3) is 3.71. The Morgan fingerprint density at radius 2 is 2.24 bits per heavy atom. The molecule has 2 saturated heterocycles. The predicted molar refractivity (Wildman–Crippen MR) is 98.8 cm³/mol. The van der Waals surface area contributed by atoms with Crippen LogP contribution in [0.2, 0.25) is 0 Å². The van der Waals surface area contributed by atoms with Crippen molar-refractivity contribution in [1.29, 1.82) is 0 Å². The summed E-state index contributed by atoms with van der Waals surface area (Å²) in [6.07, 6.45) is -4.46. The van der Waals surface area contributed by atoms with Crippen LogP contribution in [0, 0.1) is 0 Å². The van der Waals surface area contributed by atoms with E-state index in [0.717, 1.165) is 11.8 Å². The molecular weight excluding hydrogens is 433 g/mol. The minimum atomic E-state index is -4.37. The molecule has 0 radical (unpaired) electrons. The van der Waals surface area contributed by atoms with Gasteiger partial charge in [-0.3, -0.25) is 0 Å². The number of aliphatic hydroxyl groups is 1. The number of nitrogens with two attached hydrogens (primary N) is 1. The number of methoxy groups -OCH3 is 1. The number of aromatic nitrogens is 4. The van der Waals surface area contributed by atoms with Gasteiger partial charge < -0.3 is 0 Å². The molecule has 2 aromatic heterocycles. The summed E-state index contributed by atoms with van der Waals surface area (Å²) >= 11 is 0.932. The number of aromatic amines is 1. The van der Waals surface area contributed by atoms with Crippen LogP contribution in [0.5, 0.6) is 0 Å². The molecule has 2 aliphatic rings. The molecule has 14 nitrogen and oxygen atoms in total. The second kappa shape index (κ2) is 7.45. The van der Waals surface area contributed by atoms with Gasteiger partial charge in [0.15, 0.2) is 0 Å². The molecule has 0 spiro atoms. The first-order valence-electron chi connectivity index (χ1n) is 8.27. The summed E-state index contributed by atoms with van der Waals surface area (Å²) in [5.74, 6) is -0.856. The maximum atomic E-state index is 12.2. The Kier molecular flexibility index (Phi) is 5.25. The Bertz CT molecular complexity index is 1010. The zero-order valence-electron chi connectivity index (χ0n) is 14.8. The van der Waals surface area contributed by atoms with Gasteiger partial charge in [-0.25, -0.2) is 0 Å². The number of aliphatic hydroxyl groups excluding tert-OH is 1. The number of ether oxygens (including phenoxy) is 2. The number of nitrogen functional groups attached to an aromatic ring is 1. The number of thioether (sulfide) groups is 1. The zero-order valence-corrected chi connectivity index (χ0v) is 16.7. The summed E-state index contributed by atoms with van der Waals surface area (Å²) < 4.78 is 21.6. The number of esters is 1. The average Bonchev–Trinajstić information content (AvgIpc) is 3.16. The van der Waals surface area contributed by atoms with Crippen LogP contribution in [-0.4, -0.2) is 78.2 Å². The Morgan fingerprint density at radius 3 is 2.97 bits per heavy atom. The van der Waals surface area contributed by atoms with Crippen molar-refractivity contribution in [3.63, 3.8) is 0 Å². The van der Waals surface area contributed by atoms with Crippen molar-refractivity contribution in [1.82, 2.24) is 19.5 Å². The van der Waals surface area contributed by atoms with Gasteiger partial charge in [0.2, 0.25) is 0 Å². The number of carbonyl (C=O) groups is 1. The number of imidazole rings is 1. The topological polar surface area (TPSA) is 204 Å². The molecule has 0 saturated carbocycles. The number of rotatable bonds is 4. The summed E-state index contributed by atoms with van der Waals surface area (Å²) in [6, 6.07) is 0. The first-order valence-corrected chi connectivity index (χ1v) is 11.0. The van der Waals surface area contributed by atoms with Gasteiger partial charge in [-0.05, 0) is 0 Å². The molecule has 2 unspecified atom stereocenters. The van der Waals surface area contributed by atoms with E-state index in [-0.39, 0.29) is 34.6 Å². The molecule has 29 heavy (non-hydrogen) atoms. The standard InChI is InChI=1S/C13H18N5O9PS/c1-24-5(19)3-29-13-15-6-9(16-12(14)17-10(6)21)18(13)11-7(20)8-4(26-11)2-25-28(22,23)27-8/h4,7-8,11,20,22-23,28H,2-3H2,1H3,(H3,14,16,17,21)/t4?,7?,8-,11-/m1/s1. The maximum absolute atomic E-state index is 12.2. The summed E-state index contributed by atoms with van der Waals surface area (Å²) in [4.78, 5) is 53.7. The fourth-order valence-corrected chi connectivity index (χ4v) is 5.05. The van der Waals surface area contributed by atoms with E-state index in [0.29, 0.717) is 0 Å². The van der Waals surface area contributed by atoms with E-state index in [9.17, 15) is 24.5 Å². The second-order valence-electron chi connectivity index (χ2n) is 6.25. The van der Waals surface area contributed by atoms with Crippen LogP contribution in [0.25, 0.3) is 11.2 Å². The Labute approximate surface area is 166 Å². The number of nitrogens with zero attached hydrogens (tertiary/aromatic N) is 3. The molecule has 4 atom stereocenters. The van der Waals surface area contributed by atoms with Crippen molar-refractivity contribution >= 4 is 43.0 Å². The monoisotopic (exact) mass is 451 g/mol. The first kappa shape index (κ1) is 20.4. The quantitative estimate of drug-likeness (QED) is 0.195. The number of fused-ring (bicyclic) bond motifs is 2. The van der Waals surface area contributed by atoms with Crippen LogP contribution in [-0.2, 0) is 23.3 Å². The molecule has 160 valence electrons. The normalized spacial score (nSPS) is 29.5. The van der Waals surface area contributed by atoms with E-state index >= 15 is 0 Å². The van der Waals surface area contributed by atoms with E-state index < -0.39 is 44.2 Å². The third-order valence-corrected chi connectivity index (χ3v) is 6.42. The van der Waals surface area contributed by atoms with Crippen LogP contribution in [0.15, 0.2) is 9.95 Å². The molecule has 4 heterocycles. The molecule has 6 N–H and O–H groups in total. The number of hydrogen-bond acceptors (Lipinski definition) is 13.